The van der Waals surface area contributed by atoms with Gasteiger partial charge in [-0.25, -0.2) is 0 Å². The molecule has 0 radical (unpaired) electrons. The van der Waals surface area contributed by atoms with Gasteiger partial charge in [0.15, 0.2) is 0 Å². The minimum atomic E-state index is -0.500. The number of para-hydroxylation sites is 1. The second-order valence-corrected chi connectivity index (χ2v) is 10.5. The number of carbonyl (C=O) groups excluding carboxylic acids is 3. The van der Waals surface area contributed by atoms with E-state index in [1.165, 1.54) is 11.8 Å². The highest BCUT2D eigenvalue weighted by atomic mass is 32.2. The summed E-state index contributed by atoms with van der Waals surface area (Å²) in [6.45, 7) is 6.31. The van der Waals surface area contributed by atoms with Gasteiger partial charge in [0.1, 0.15) is 11.4 Å². The van der Waals surface area contributed by atoms with Gasteiger partial charge in [-0.1, -0.05) is 54.6 Å². The van der Waals surface area contributed by atoms with Gasteiger partial charge in [-0.15, -0.1) is 11.8 Å². The molecule has 3 N–H and O–H groups in total. The fourth-order valence-corrected chi connectivity index (χ4v) is 4.82. The van der Waals surface area contributed by atoms with E-state index in [9.17, 15) is 14.4 Å². The number of aryl methyl sites for hydroxylation is 1. The van der Waals surface area contributed by atoms with E-state index < -0.39 is 11.8 Å². The van der Waals surface area contributed by atoms with E-state index in [1.54, 1.807) is 54.6 Å². The number of hydrogen-bond acceptors (Lipinski definition) is 5. The molecule has 0 aromatic heterocycles. The normalized spacial score (nSPS) is 11.0. The summed E-state index contributed by atoms with van der Waals surface area (Å²) in [4.78, 5) is 39.9. The lowest BCUT2D eigenvalue weighted by Crippen LogP contribution is -2.30. The monoisotopic (exact) mass is 579 g/mol. The quantitative estimate of drug-likeness (QED) is 0.134. The van der Waals surface area contributed by atoms with Crippen molar-refractivity contribution in [3.05, 3.63) is 125 Å². The zero-order chi connectivity index (χ0) is 29.9. The topological polar surface area (TPSA) is 96.5 Å². The third kappa shape index (κ3) is 8.34. The first-order valence-corrected chi connectivity index (χ1v) is 14.5. The number of carbonyl (C=O) groups is 3. The Morgan fingerprint density at radius 3 is 2.36 bits per heavy atom. The van der Waals surface area contributed by atoms with Gasteiger partial charge in [-0.3, -0.25) is 14.4 Å². The minimum Gasteiger partial charge on any atom is -0.493 e. The molecule has 0 aliphatic carbocycles. The van der Waals surface area contributed by atoms with Gasteiger partial charge in [0.25, 0.3) is 11.8 Å². The van der Waals surface area contributed by atoms with Crippen LogP contribution in [0.2, 0.25) is 0 Å². The Kier molecular flexibility index (Phi) is 10.6. The Hall–Kier alpha value is -4.82. The molecule has 42 heavy (non-hydrogen) atoms. The van der Waals surface area contributed by atoms with Gasteiger partial charge >= 0.3 is 0 Å². The molecule has 0 aliphatic heterocycles. The van der Waals surface area contributed by atoms with Crippen LogP contribution >= 0.6 is 11.8 Å². The van der Waals surface area contributed by atoms with Gasteiger partial charge in [0, 0.05) is 27.4 Å². The average Bonchev–Trinajstić information content (AvgIpc) is 2.99. The van der Waals surface area contributed by atoms with Crippen molar-refractivity contribution >= 4 is 46.9 Å². The molecule has 214 valence electrons. The molecule has 0 saturated carbocycles. The van der Waals surface area contributed by atoms with Gasteiger partial charge in [-0.2, -0.15) is 0 Å². The van der Waals surface area contributed by atoms with Crippen molar-refractivity contribution < 1.29 is 19.1 Å². The average molecular weight is 580 g/mol. The molecular formula is C34H33N3O4S. The summed E-state index contributed by atoms with van der Waals surface area (Å²) in [6.07, 6.45) is 1.59. The fourth-order valence-electron chi connectivity index (χ4n) is 4.07. The van der Waals surface area contributed by atoms with Crippen LogP contribution in [-0.4, -0.2) is 30.1 Å². The van der Waals surface area contributed by atoms with Crippen molar-refractivity contribution in [1.29, 1.82) is 0 Å². The van der Waals surface area contributed by atoms with Gasteiger partial charge < -0.3 is 20.7 Å². The van der Waals surface area contributed by atoms with Gasteiger partial charge in [-0.05, 0) is 80.4 Å². The molecule has 4 aromatic carbocycles. The van der Waals surface area contributed by atoms with E-state index in [-0.39, 0.29) is 17.4 Å². The van der Waals surface area contributed by atoms with Crippen molar-refractivity contribution in [3.8, 4) is 5.75 Å². The van der Waals surface area contributed by atoms with Crippen molar-refractivity contribution in [2.45, 2.75) is 25.7 Å². The first-order chi connectivity index (χ1) is 20.3. The predicted octanol–water partition coefficient (Wildman–Crippen LogP) is 6.84. The number of nitrogens with one attached hydrogen (secondary N) is 3. The maximum Gasteiger partial charge on any atom is 0.272 e. The van der Waals surface area contributed by atoms with Crippen LogP contribution in [0.4, 0.5) is 11.4 Å². The Balaban J connectivity index is 1.49. The highest BCUT2D eigenvalue weighted by Gasteiger charge is 2.16. The van der Waals surface area contributed by atoms with Crippen LogP contribution in [0.25, 0.3) is 6.08 Å². The number of anilines is 2. The lowest BCUT2D eigenvalue weighted by molar-refractivity contribution is -0.114. The summed E-state index contributed by atoms with van der Waals surface area (Å²) >= 11 is 1.36. The number of ether oxygens (including phenoxy) is 1. The molecule has 0 aliphatic rings. The second-order valence-electron chi connectivity index (χ2n) is 9.42. The fraction of sp³-hybridized carbons (Fsp3) is 0.147. The molecule has 0 unspecified atom stereocenters. The summed E-state index contributed by atoms with van der Waals surface area (Å²) in [5.74, 6) is -0.232. The standard InChI is InChI=1S/C34H33N3O4S/c1-4-41-31-19-9-8-15-26(31)20-30(37-33(39)25-13-6-5-7-14-25)34(40)35-27-16-11-17-28(21-27)42-22-32(38)36-29-18-10-12-23(2)24(29)3/h5-21H,4,22H2,1-3H3,(H,35,40)(H,36,38)(H,37,39)/b30-20+. The number of thioether (sulfide) groups is 1. The SMILES string of the molecule is CCOc1ccccc1/C=C(/NC(=O)c1ccccc1)C(=O)Nc1cccc(SCC(=O)Nc2cccc(C)c2C)c1. The lowest BCUT2D eigenvalue weighted by atomic mass is 10.1. The third-order valence-electron chi connectivity index (χ3n) is 6.39. The summed E-state index contributed by atoms with van der Waals surface area (Å²) in [5, 5.41) is 8.59. The first-order valence-electron chi connectivity index (χ1n) is 13.5. The summed E-state index contributed by atoms with van der Waals surface area (Å²) < 4.78 is 5.71. The van der Waals surface area contributed by atoms with Crippen LogP contribution in [0.15, 0.2) is 108 Å². The summed E-state index contributed by atoms with van der Waals surface area (Å²) in [5.41, 5.74) is 4.60. The highest BCUT2D eigenvalue weighted by Crippen LogP contribution is 2.25. The van der Waals surface area contributed by atoms with Crippen LogP contribution in [0.1, 0.15) is 34.0 Å². The molecule has 0 bridgehead atoms. The Morgan fingerprint density at radius 1 is 0.833 bits per heavy atom. The number of benzene rings is 4. The molecule has 7 nitrogen and oxygen atoms in total. The van der Waals surface area contributed by atoms with Crippen molar-refractivity contribution in [2.75, 3.05) is 23.0 Å². The van der Waals surface area contributed by atoms with Gasteiger partial charge in [0.05, 0.1) is 12.4 Å². The second kappa shape index (κ2) is 14.7. The Labute approximate surface area is 250 Å². The molecule has 8 heteroatoms. The Morgan fingerprint density at radius 2 is 1.57 bits per heavy atom. The smallest absolute Gasteiger partial charge is 0.272 e. The number of amides is 3. The lowest BCUT2D eigenvalue weighted by Gasteiger charge is -2.13. The molecule has 0 atom stereocenters. The Bertz CT molecular complexity index is 1600. The summed E-state index contributed by atoms with van der Waals surface area (Å²) in [7, 11) is 0. The molecule has 0 saturated heterocycles. The maximum atomic E-state index is 13.5. The number of rotatable bonds is 11. The molecular weight excluding hydrogens is 546 g/mol. The first kappa shape index (κ1) is 30.1. The van der Waals surface area contributed by atoms with E-state index in [1.807, 2.05) is 69.3 Å². The molecule has 0 heterocycles. The maximum absolute atomic E-state index is 13.5. The zero-order valence-electron chi connectivity index (χ0n) is 23.8. The van der Waals surface area contributed by atoms with E-state index in [4.69, 9.17) is 4.74 Å². The van der Waals surface area contributed by atoms with Crippen LogP contribution in [0.3, 0.4) is 0 Å². The van der Waals surface area contributed by atoms with E-state index in [0.29, 0.717) is 29.2 Å². The van der Waals surface area contributed by atoms with Crippen LogP contribution in [0.5, 0.6) is 5.75 Å². The molecule has 4 aromatic rings. The van der Waals surface area contributed by atoms with Crippen molar-refractivity contribution in [1.82, 2.24) is 5.32 Å². The highest BCUT2D eigenvalue weighted by molar-refractivity contribution is 8.00. The van der Waals surface area contributed by atoms with Crippen LogP contribution < -0.4 is 20.7 Å². The van der Waals surface area contributed by atoms with Crippen LogP contribution in [-0.2, 0) is 9.59 Å². The number of hydrogen-bond donors (Lipinski definition) is 3. The van der Waals surface area contributed by atoms with Crippen molar-refractivity contribution in [2.24, 2.45) is 0 Å². The van der Waals surface area contributed by atoms with Crippen LogP contribution in [0, 0.1) is 13.8 Å². The third-order valence-corrected chi connectivity index (χ3v) is 7.38. The molecule has 3 amide bonds. The zero-order valence-corrected chi connectivity index (χ0v) is 24.6. The molecule has 4 rings (SSSR count). The van der Waals surface area contributed by atoms with E-state index >= 15 is 0 Å². The van der Waals surface area contributed by atoms with E-state index in [2.05, 4.69) is 16.0 Å². The minimum absolute atomic E-state index is 0.0574. The molecule has 0 spiro atoms. The summed E-state index contributed by atoms with van der Waals surface area (Å²) in [6, 6.07) is 29.0. The molecule has 0 fully saturated rings. The predicted molar refractivity (Wildman–Crippen MR) is 170 cm³/mol. The largest absolute Gasteiger partial charge is 0.493 e. The van der Waals surface area contributed by atoms with Gasteiger partial charge in [0.2, 0.25) is 5.91 Å². The van der Waals surface area contributed by atoms with E-state index in [0.717, 1.165) is 21.7 Å². The van der Waals surface area contributed by atoms with Crippen molar-refractivity contribution in [3.63, 3.8) is 0 Å².